The highest BCUT2D eigenvalue weighted by atomic mass is 16.4. The Morgan fingerprint density at radius 3 is 2.17 bits per heavy atom. The van der Waals surface area contributed by atoms with Crippen molar-refractivity contribution in [1.29, 1.82) is 0 Å². The van der Waals surface area contributed by atoms with E-state index in [0.29, 0.717) is 31.8 Å². The topological polar surface area (TPSA) is 60.8 Å². The summed E-state index contributed by atoms with van der Waals surface area (Å²) in [6.07, 6.45) is 1.16. The van der Waals surface area contributed by atoms with Crippen molar-refractivity contribution in [3.8, 4) is 0 Å². The molecule has 4 nitrogen and oxygen atoms in total. The Morgan fingerprint density at radius 1 is 0.972 bits per heavy atom. The zero-order valence-corrected chi connectivity index (χ0v) is 21.5. The molecule has 2 aliphatic rings. The van der Waals surface area contributed by atoms with Gasteiger partial charge in [0, 0.05) is 31.0 Å². The van der Waals surface area contributed by atoms with Crippen LogP contribution in [0.15, 0.2) is 84.9 Å². The number of carboxylic acid groups (broad SMARTS) is 1. The van der Waals surface area contributed by atoms with Crippen LogP contribution in [0.1, 0.15) is 67.7 Å². The molecule has 5 atom stereocenters. The molecule has 0 aromatic heterocycles. The van der Waals surface area contributed by atoms with Gasteiger partial charge < -0.3 is 10.2 Å². The number of likely N-dealkylation sites (tertiary alicyclic amines) is 1. The quantitative estimate of drug-likeness (QED) is 0.440. The summed E-state index contributed by atoms with van der Waals surface area (Å²) in [5.41, 5.74) is 1.95. The molecule has 36 heavy (non-hydrogen) atoms. The molecule has 2 N–H and O–H groups in total. The number of rotatable bonds is 6. The van der Waals surface area contributed by atoms with Crippen LogP contribution in [-0.4, -0.2) is 33.7 Å². The summed E-state index contributed by atoms with van der Waals surface area (Å²) in [6, 6.07) is 28.4. The van der Waals surface area contributed by atoms with E-state index < -0.39 is 22.9 Å². The zero-order chi connectivity index (χ0) is 25.5. The minimum absolute atomic E-state index is 0.109. The number of carbonyl (C=O) groups is 1. The summed E-state index contributed by atoms with van der Waals surface area (Å²) in [7, 11) is 0. The van der Waals surface area contributed by atoms with Crippen molar-refractivity contribution in [3.63, 3.8) is 0 Å². The molecule has 0 amide bonds. The first kappa shape index (κ1) is 24.7. The molecule has 1 saturated carbocycles. The third-order valence-corrected chi connectivity index (χ3v) is 8.93. The Labute approximate surface area is 214 Å². The van der Waals surface area contributed by atoms with Crippen molar-refractivity contribution < 1.29 is 15.0 Å². The van der Waals surface area contributed by atoms with Crippen LogP contribution < -0.4 is 0 Å². The Bertz CT molecular complexity index is 1190. The highest BCUT2D eigenvalue weighted by Gasteiger charge is 2.68. The van der Waals surface area contributed by atoms with Gasteiger partial charge in [0.15, 0.2) is 0 Å². The maximum absolute atomic E-state index is 13.4. The normalized spacial score (nSPS) is 30.3. The highest BCUT2D eigenvalue weighted by Crippen LogP contribution is 2.63. The number of nitrogens with zero attached hydrogens (tertiary/aromatic N) is 1. The Hall–Kier alpha value is -2.95. The summed E-state index contributed by atoms with van der Waals surface area (Å²) < 4.78 is 0. The Balaban J connectivity index is 1.63. The number of hydrogen-bond acceptors (Lipinski definition) is 3. The fourth-order valence-corrected chi connectivity index (χ4v) is 7.15. The molecule has 4 heteroatoms. The smallest absolute Gasteiger partial charge is 0.312 e. The van der Waals surface area contributed by atoms with Crippen LogP contribution in [0.3, 0.4) is 0 Å². The van der Waals surface area contributed by atoms with Gasteiger partial charge in [-0.2, -0.15) is 0 Å². The lowest BCUT2D eigenvalue weighted by Crippen LogP contribution is -2.57. The number of fused-ring (bicyclic) bond motifs is 1. The van der Waals surface area contributed by atoms with Crippen molar-refractivity contribution >= 4 is 5.97 Å². The first-order valence-electron chi connectivity index (χ1n) is 13.2. The predicted molar refractivity (Wildman–Crippen MR) is 143 cm³/mol. The number of hydrogen-bond donors (Lipinski definition) is 2. The molecule has 2 fully saturated rings. The second-order valence-corrected chi connectivity index (χ2v) is 11.2. The lowest BCUT2D eigenvalue weighted by molar-refractivity contribution is -0.172. The van der Waals surface area contributed by atoms with E-state index in [4.69, 9.17) is 0 Å². The van der Waals surface area contributed by atoms with Crippen molar-refractivity contribution in [2.45, 2.75) is 63.6 Å². The van der Waals surface area contributed by atoms with Gasteiger partial charge >= 0.3 is 5.97 Å². The summed E-state index contributed by atoms with van der Waals surface area (Å²) in [5.74, 6) is -1.03. The molecule has 0 bridgehead atoms. The Morgan fingerprint density at radius 2 is 1.58 bits per heavy atom. The van der Waals surface area contributed by atoms with E-state index >= 15 is 0 Å². The van der Waals surface area contributed by atoms with E-state index in [1.54, 1.807) is 0 Å². The fraction of sp³-hybridized carbons (Fsp3) is 0.406. The van der Waals surface area contributed by atoms with Gasteiger partial charge in [0.05, 0.1) is 11.0 Å². The molecule has 5 rings (SSSR count). The second kappa shape index (κ2) is 9.49. The maximum atomic E-state index is 13.4. The first-order valence-corrected chi connectivity index (χ1v) is 13.2. The van der Waals surface area contributed by atoms with E-state index in [1.165, 1.54) is 5.56 Å². The lowest BCUT2D eigenvalue weighted by Gasteiger charge is -2.52. The van der Waals surface area contributed by atoms with Gasteiger partial charge in [-0.1, -0.05) is 98.8 Å². The molecule has 0 spiro atoms. The van der Waals surface area contributed by atoms with Crippen molar-refractivity contribution in [3.05, 3.63) is 107 Å². The summed E-state index contributed by atoms with van der Waals surface area (Å²) >= 11 is 0. The lowest BCUT2D eigenvalue weighted by atomic mass is 9.52. The first-order chi connectivity index (χ1) is 17.3. The molecule has 1 aliphatic carbocycles. The van der Waals surface area contributed by atoms with Gasteiger partial charge in [-0.25, -0.2) is 0 Å². The average molecular weight is 484 g/mol. The molecule has 1 aliphatic heterocycles. The zero-order valence-electron chi connectivity index (χ0n) is 21.5. The molecule has 3 aromatic carbocycles. The van der Waals surface area contributed by atoms with E-state index in [0.717, 1.165) is 16.7 Å². The number of benzene rings is 3. The van der Waals surface area contributed by atoms with Gasteiger partial charge in [0.1, 0.15) is 0 Å². The largest absolute Gasteiger partial charge is 0.481 e. The highest BCUT2D eigenvalue weighted by molar-refractivity contribution is 5.78. The van der Waals surface area contributed by atoms with Crippen LogP contribution in [0.4, 0.5) is 0 Å². The SMILES string of the molecule is CC(C)c1ccc(C2(O)CCC(c3ccccc3)C3(C(=O)O)CN(Cc4ccccc4)C(C)C23)cc1. The third kappa shape index (κ3) is 3.97. The molecule has 1 saturated heterocycles. The second-order valence-electron chi connectivity index (χ2n) is 11.2. The number of aliphatic hydroxyl groups is 1. The van der Waals surface area contributed by atoms with Gasteiger partial charge in [-0.15, -0.1) is 0 Å². The molecule has 1 heterocycles. The standard InChI is InChI=1S/C32H37NO3/c1-22(2)25-14-16-27(17-15-25)32(36)19-18-28(26-12-8-5-9-13-26)31(30(34)35)21-33(23(3)29(31)32)20-24-10-6-4-7-11-24/h4-17,22-23,28-29,36H,18-21H2,1-3H3,(H,34,35). The van der Waals surface area contributed by atoms with E-state index in [9.17, 15) is 15.0 Å². The minimum Gasteiger partial charge on any atom is -0.481 e. The van der Waals surface area contributed by atoms with Crippen molar-refractivity contribution in [2.75, 3.05) is 6.54 Å². The summed E-state index contributed by atoms with van der Waals surface area (Å²) in [6.45, 7) is 7.50. The van der Waals surface area contributed by atoms with Crippen LogP contribution in [-0.2, 0) is 16.9 Å². The molecule has 188 valence electrons. The monoisotopic (exact) mass is 483 g/mol. The van der Waals surface area contributed by atoms with Crippen LogP contribution >= 0.6 is 0 Å². The van der Waals surface area contributed by atoms with Crippen molar-refractivity contribution in [2.24, 2.45) is 11.3 Å². The maximum Gasteiger partial charge on any atom is 0.312 e. The fourth-order valence-electron chi connectivity index (χ4n) is 7.15. The average Bonchev–Trinajstić information content (AvgIpc) is 3.19. The van der Waals surface area contributed by atoms with Crippen LogP contribution in [0.2, 0.25) is 0 Å². The molecular formula is C32H37NO3. The number of aliphatic carboxylic acids is 1. The van der Waals surface area contributed by atoms with Gasteiger partial charge in [0.25, 0.3) is 0 Å². The van der Waals surface area contributed by atoms with Gasteiger partial charge in [0.2, 0.25) is 0 Å². The van der Waals surface area contributed by atoms with Gasteiger partial charge in [-0.3, -0.25) is 9.69 Å². The van der Waals surface area contributed by atoms with Crippen LogP contribution in [0.5, 0.6) is 0 Å². The van der Waals surface area contributed by atoms with E-state index in [2.05, 4.69) is 62.1 Å². The van der Waals surface area contributed by atoms with E-state index in [-0.39, 0.29) is 12.0 Å². The van der Waals surface area contributed by atoms with Gasteiger partial charge in [-0.05, 0) is 47.9 Å². The minimum atomic E-state index is -1.22. The predicted octanol–water partition coefficient (Wildman–Crippen LogP) is 6.17. The molecular weight excluding hydrogens is 446 g/mol. The summed E-state index contributed by atoms with van der Waals surface area (Å²) in [4.78, 5) is 15.7. The van der Waals surface area contributed by atoms with Crippen LogP contribution in [0, 0.1) is 11.3 Å². The van der Waals surface area contributed by atoms with Crippen LogP contribution in [0.25, 0.3) is 0 Å². The molecule has 3 aromatic rings. The van der Waals surface area contributed by atoms with E-state index in [1.807, 2.05) is 48.5 Å². The number of carboxylic acids is 1. The Kier molecular flexibility index (Phi) is 6.52. The summed E-state index contributed by atoms with van der Waals surface area (Å²) in [5, 5.41) is 23.5. The molecule has 0 radical (unpaired) electrons. The third-order valence-electron chi connectivity index (χ3n) is 8.93. The molecule has 5 unspecified atom stereocenters. The van der Waals surface area contributed by atoms with Crippen molar-refractivity contribution in [1.82, 2.24) is 4.90 Å².